The quantitative estimate of drug-likeness (QED) is 0.778. The van der Waals surface area contributed by atoms with Crippen molar-refractivity contribution in [1.82, 2.24) is 10.2 Å². The van der Waals surface area contributed by atoms with Crippen LogP contribution < -0.4 is 4.72 Å². The molecule has 2 N–H and O–H groups in total. The van der Waals surface area contributed by atoms with Gasteiger partial charge in [-0.05, 0) is 0 Å². The molecule has 0 aromatic carbocycles. The van der Waals surface area contributed by atoms with Crippen LogP contribution in [0.25, 0.3) is 0 Å². The summed E-state index contributed by atoms with van der Waals surface area (Å²) >= 11 is 0. The second kappa shape index (κ2) is 3.27. The second-order valence-corrected chi connectivity index (χ2v) is 6.04. The van der Waals surface area contributed by atoms with E-state index in [9.17, 15) is 8.42 Å². The van der Waals surface area contributed by atoms with Crippen LogP contribution in [0, 0.1) is 0 Å². The molecule has 80 valence electrons. The van der Waals surface area contributed by atoms with Crippen LogP contribution in [0.4, 0.5) is 5.82 Å². The molecule has 6 heteroatoms. The van der Waals surface area contributed by atoms with Gasteiger partial charge in [0.15, 0.2) is 5.82 Å². The third kappa shape index (κ3) is 3.02. The van der Waals surface area contributed by atoms with Crippen LogP contribution in [0.1, 0.15) is 26.5 Å². The summed E-state index contributed by atoms with van der Waals surface area (Å²) in [5.74, 6) is 0.331. The Morgan fingerprint density at radius 1 is 1.43 bits per heavy atom. The van der Waals surface area contributed by atoms with Crippen LogP contribution in [-0.4, -0.2) is 24.9 Å². The number of aromatic nitrogens is 2. The lowest BCUT2D eigenvalue weighted by atomic mass is 9.92. The van der Waals surface area contributed by atoms with Crippen molar-refractivity contribution in [2.24, 2.45) is 0 Å². The van der Waals surface area contributed by atoms with Crippen LogP contribution in [-0.2, 0) is 15.4 Å². The Morgan fingerprint density at radius 3 is 2.36 bits per heavy atom. The summed E-state index contributed by atoms with van der Waals surface area (Å²) in [6.45, 7) is 6.06. The molecule has 0 aliphatic carbocycles. The Hall–Kier alpha value is -1.04. The number of rotatable bonds is 2. The van der Waals surface area contributed by atoms with E-state index in [0.29, 0.717) is 5.82 Å². The monoisotopic (exact) mass is 217 g/mol. The summed E-state index contributed by atoms with van der Waals surface area (Å²) in [7, 11) is -3.24. The van der Waals surface area contributed by atoms with Crippen molar-refractivity contribution >= 4 is 15.8 Å². The van der Waals surface area contributed by atoms with Gasteiger partial charge in [0, 0.05) is 17.2 Å². The molecule has 0 aliphatic heterocycles. The number of aromatic amines is 1. The van der Waals surface area contributed by atoms with E-state index in [0.717, 1.165) is 11.9 Å². The molecule has 14 heavy (non-hydrogen) atoms. The van der Waals surface area contributed by atoms with E-state index in [-0.39, 0.29) is 5.41 Å². The lowest BCUT2D eigenvalue weighted by molar-refractivity contribution is 0.567. The van der Waals surface area contributed by atoms with Gasteiger partial charge in [-0.25, -0.2) is 8.42 Å². The number of H-pyrrole nitrogens is 1. The molecule has 1 aromatic rings. The fourth-order valence-corrected chi connectivity index (χ4v) is 1.43. The normalized spacial score (nSPS) is 12.9. The van der Waals surface area contributed by atoms with Crippen molar-refractivity contribution in [3.05, 3.63) is 11.8 Å². The van der Waals surface area contributed by atoms with E-state index >= 15 is 0 Å². The maximum atomic E-state index is 10.9. The molecule has 0 fully saturated rings. The third-order valence-corrected chi connectivity index (χ3v) is 2.26. The Kier molecular flexibility index (Phi) is 2.58. The number of nitrogens with zero attached hydrogens (tertiary/aromatic N) is 1. The predicted octanol–water partition coefficient (Wildman–Crippen LogP) is 1.08. The number of nitrogens with one attached hydrogen (secondary N) is 2. The van der Waals surface area contributed by atoms with Gasteiger partial charge < -0.3 is 0 Å². The molecule has 0 radical (unpaired) electrons. The minimum Gasteiger partial charge on any atom is -0.280 e. The average Bonchev–Trinajstić information content (AvgIpc) is 2.29. The minimum atomic E-state index is -3.24. The van der Waals surface area contributed by atoms with Crippen LogP contribution in [0.15, 0.2) is 6.07 Å². The predicted molar refractivity (Wildman–Crippen MR) is 55.8 cm³/mol. The van der Waals surface area contributed by atoms with Crippen LogP contribution in [0.3, 0.4) is 0 Å². The number of sulfonamides is 1. The van der Waals surface area contributed by atoms with Gasteiger partial charge in [-0.1, -0.05) is 20.8 Å². The second-order valence-electron chi connectivity index (χ2n) is 4.29. The smallest absolute Gasteiger partial charge is 0.231 e. The number of hydrogen-bond acceptors (Lipinski definition) is 3. The van der Waals surface area contributed by atoms with E-state index in [2.05, 4.69) is 14.9 Å². The van der Waals surface area contributed by atoms with Crippen molar-refractivity contribution in [2.45, 2.75) is 26.2 Å². The van der Waals surface area contributed by atoms with Crippen molar-refractivity contribution in [3.63, 3.8) is 0 Å². The van der Waals surface area contributed by atoms with Gasteiger partial charge in [-0.3, -0.25) is 9.82 Å². The summed E-state index contributed by atoms with van der Waals surface area (Å²) in [6, 6.07) is 1.70. The molecule has 0 aliphatic rings. The first-order chi connectivity index (χ1) is 6.18. The summed E-state index contributed by atoms with van der Waals surface area (Å²) in [6.07, 6.45) is 1.10. The fraction of sp³-hybridized carbons (Fsp3) is 0.625. The number of anilines is 1. The molecule has 1 heterocycles. The molecule has 1 rings (SSSR count). The molecule has 0 saturated carbocycles. The van der Waals surface area contributed by atoms with E-state index in [1.807, 2.05) is 20.8 Å². The average molecular weight is 217 g/mol. The Bertz CT molecular complexity index is 414. The van der Waals surface area contributed by atoms with E-state index in [1.54, 1.807) is 6.07 Å². The fourth-order valence-electron chi connectivity index (χ4n) is 0.948. The minimum absolute atomic E-state index is 0.0650. The van der Waals surface area contributed by atoms with Gasteiger partial charge in [0.05, 0.1) is 6.26 Å². The van der Waals surface area contributed by atoms with Crippen molar-refractivity contribution in [2.75, 3.05) is 11.0 Å². The zero-order valence-corrected chi connectivity index (χ0v) is 9.57. The zero-order chi connectivity index (χ0) is 11.0. The maximum Gasteiger partial charge on any atom is 0.231 e. The summed E-state index contributed by atoms with van der Waals surface area (Å²) in [5, 5.41) is 6.64. The van der Waals surface area contributed by atoms with E-state index < -0.39 is 10.0 Å². The summed E-state index contributed by atoms with van der Waals surface area (Å²) in [5.41, 5.74) is 0.827. The molecule has 1 aromatic heterocycles. The standard InChI is InChI=1S/C8H15N3O2S/c1-8(2,3)6-5-7(10-9-6)11-14(4,12)13/h5H,1-4H3,(H2,9,10,11). The molecular weight excluding hydrogens is 202 g/mol. The van der Waals surface area contributed by atoms with E-state index in [4.69, 9.17) is 0 Å². The molecule has 5 nitrogen and oxygen atoms in total. The highest BCUT2D eigenvalue weighted by atomic mass is 32.2. The highest BCUT2D eigenvalue weighted by Gasteiger charge is 2.17. The molecule has 0 unspecified atom stereocenters. The van der Waals surface area contributed by atoms with Crippen LogP contribution in [0.2, 0.25) is 0 Å². The molecule has 0 spiro atoms. The lowest BCUT2D eigenvalue weighted by Gasteiger charge is -2.14. The van der Waals surface area contributed by atoms with Crippen molar-refractivity contribution in [1.29, 1.82) is 0 Å². The van der Waals surface area contributed by atoms with Crippen LogP contribution in [0.5, 0.6) is 0 Å². The van der Waals surface area contributed by atoms with Gasteiger partial charge >= 0.3 is 0 Å². The SMILES string of the molecule is CC(C)(C)c1cc(NS(C)(=O)=O)n[nH]1. The first-order valence-corrected chi connectivity index (χ1v) is 6.11. The van der Waals surface area contributed by atoms with Gasteiger partial charge in [-0.15, -0.1) is 0 Å². The van der Waals surface area contributed by atoms with Gasteiger partial charge in [-0.2, -0.15) is 5.10 Å². The maximum absolute atomic E-state index is 10.9. The summed E-state index contributed by atoms with van der Waals surface area (Å²) < 4.78 is 24.1. The first kappa shape index (κ1) is 11.0. The highest BCUT2D eigenvalue weighted by Crippen LogP contribution is 2.21. The first-order valence-electron chi connectivity index (χ1n) is 4.22. The Balaban J connectivity index is 2.90. The lowest BCUT2D eigenvalue weighted by Crippen LogP contribution is -2.11. The van der Waals surface area contributed by atoms with E-state index in [1.165, 1.54) is 0 Å². The van der Waals surface area contributed by atoms with Gasteiger partial charge in [0.1, 0.15) is 0 Å². The highest BCUT2D eigenvalue weighted by molar-refractivity contribution is 7.92. The van der Waals surface area contributed by atoms with Gasteiger partial charge in [0.25, 0.3) is 0 Å². The Morgan fingerprint density at radius 2 is 2.00 bits per heavy atom. The topological polar surface area (TPSA) is 74.8 Å². The molecule has 0 atom stereocenters. The third-order valence-electron chi connectivity index (χ3n) is 1.68. The molecule has 0 bridgehead atoms. The summed E-state index contributed by atoms with van der Waals surface area (Å²) in [4.78, 5) is 0. The van der Waals surface area contributed by atoms with Crippen molar-refractivity contribution in [3.8, 4) is 0 Å². The number of hydrogen-bond donors (Lipinski definition) is 2. The van der Waals surface area contributed by atoms with Gasteiger partial charge in [0.2, 0.25) is 10.0 Å². The molecule has 0 saturated heterocycles. The molecular formula is C8H15N3O2S. The largest absolute Gasteiger partial charge is 0.280 e. The molecule has 0 amide bonds. The van der Waals surface area contributed by atoms with Crippen molar-refractivity contribution < 1.29 is 8.42 Å². The zero-order valence-electron chi connectivity index (χ0n) is 8.75. The van der Waals surface area contributed by atoms with Crippen LogP contribution >= 0.6 is 0 Å². The Labute approximate surface area is 84.0 Å².